The van der Waals surface area contributed by atoms with Crippen molar-refractivity contribution in [1.29, 1.82) is 0 Å². The molecule has 2 atom stereocenters. The lowest BCUT2D eigenvalue weighted by molar-refractivity contribution is -0.527. The minimum atomic E-state index is -1.09. The van der Waals surface area contributed by atoms with Crippen LogP contribution in [0.3, 0.4) is 0 Å². The second kappa shape index (κ2) is 17.9. The van der Waals surface area contributed by atoms with E-state index in [4.69, 9.17) is 0 Å². The summed E-state index contributed by atoms with van der Waals surface area (Å²) in [4.78, 5) is 12.8. The largest absolute Gasteiger partial charge is 0.544 e. The van der Waals surface area contributed by atoms with Gasteiger partial charge in [0.1, 0.15) is 5.97 Å². The Morgan fingerprint density at radius 2 is 1.66 bits per heavy atom. The number of nitrogens with zero attached hydrogens (tertiary/aromatic N) is 2. The van der Waals surface area contributed by atoms with E-state index in [9.17, 15) is 15.0 Å². The maximum absolute atomic E-state index is 10.9. The molecule has 0 fully saturated rings. The second-order valence-corrected chi connectivity index (χ2v) is 9.22. The molecule has 32 heavy (non-hydrogen) atoms. The molecule has 2 N–H and O–H groups in total. The summed E-state index contributed by atoms with van der Waals surface area (Å²) in [6, 6.07) is 3.10. The number of hydrogen-bond acceptors (Lipinski definition) is 5. The van der Waals surface area contributed by atoms with E-state index in [1.165, 1.54) is 70.6 Å². The van der Waals surface area contributed by atoms with Gasteiger partial charge < -0.3 is 19.9 Å². The van der Waals surface area contributed by atoms with E-state index in [-0.39, 0.29) is 18.8 Å². The molecule has 1 rings (SSSR count). The van der Waals surface area contributed by atoms with Crippen molar-refractivity contribution in [2.75, 3.05) is 26.2 Å². The van der Waals surface area contributed by atoms with E-state index in [1.54, 1.807) is 4.58 Å². The molecule has 0 bridgehead atoms. The van der Waals surface area contributed by atoms with E-state index in [0.29, 0.717) is 19.6 Å². The molecule has 0 aliphatic carbocycles. The number of carbonyl (C=O) groups is 1. The second-order valence-electron chi connectivity index (χ2n) is 9.22. The van der Waals surface area contributed by atoms with Gasteiger partial charge in [-0.3, -0.25) is 5.32 Å². The zero-order valence-corrected chi connectivity index (χ0v) is 20.8. The van der Waals surface area contributed by atoms with E-state index in [1.807, 2.05) is 18.7 Å². The Bertz CT molecular complexity index is 609. The van der Waals surface area contributed by atoms with Gasteiger partial charge in [-0.2, -0.15) is 0 Å². The van der Waals surface area contributed by atoms with Crippen LogP contribution in [0.2, 0.25) is 0 Å². The van der Waals surface area contributed by atoms with E-state index >= 15 is 0 Å². The fourth-order valence-corrected chi connectivity index (χ4v) is 4.07. The van der Waals surface area contributed by atoms with Crippen LogP contribution in [0.5, 0.6) is 0 Å². The zero-order chi connectivity index (χ0) is 23.6. The van der Waals surface area contributed by atoms with Crippen LogP contribution >= 0.6 is 0 Å². The molecule has 0 saturated heterocycles. The maximum atomic E-state index is 10.9. The summed E-state index contributed by atoms with van der Waals surface area (Å²) >= 11 is 0. The van der Waals surface area contributed by atoms with Crippen LogP contribution in [0.15, 0.2) is 0 Å². The van der Waals surface area contributed by atoms with Crippen molar-refractivity contribution in [2.45, 2.75) is 117 Å². The van der Waals surface area contributed by atoms with Crippen molar-refractivity contribution in [3.8, 4) is 12.0 Å². The Hall–Kier alpha value is -1.58. The third-order valence-electron chi connectivity index (χ3n) is 6.29. The summed E-state index contributed by atoms with van der Waals surface area (Å²) in [6.07, 6.45) is 16.4. The number of hydrogen-bond donors (Lipinski definition) is 2. The third kappa shape index (κ3) is 13.8. The number of carbonyl (C=O) groups excluding carboxylic acids is 1. The molecule has 0 spiro atoms. The summed E-state index contributed by atoms with van der Waals surface area (Å²) < 4.78 is 1.73. The molecule has 1 aliphatic rings. The van der Waals surface area contributed by atoms with Crippen LogP contribution in [0.1, 0.15) is 104 Å². The SMILES string of the molecule is CCCCCCCCCCCCCCC(O)CNC(C)N1C#CC(C)=[N+](CC(=O)[O-])CC1. The van der Waals surface area contributed by atoms with Crippen molar-refractivity contribution in [2.24, 2.45) is 0 Å². The average Bonchev–Trinajstić information content (AvgIpc) is 2.94. The first-order valence-corrected chi connectivity index (χ1v) is 12.9. The molecule has 0 amide bonds. The zero-order valence-electron chi connectivity index (χ0n) is 20.8. The van der Waals surface area contributed by atoms with Crippen molar-refractivity contribution in [3.63, 3.8) is 0 Å². The van der Waals surface area contributed by atoms with Gasteiger partial charge in [0.2, 0.25) is 5.71 Å². The summed E-state index contributed by atoms with van der Waals surface area (Å²) in [6.45, 7) is 7.75. The maximum Gasteiger partial charge on any atom is 0.226 e. The molecule has 0 aromatic heterocycles. The van der Waals surface area contributed by atoms with Crippen molar-refractivity contribution >= 4 is 11.7 Å². The Balaban J connectivity index is 2.06. The molecule has 0 saturated carbocycles. The standard InChI is InChI=1S/C26H47N3O3/c1-4-5-6-7-8-9-10-11-12-13-14-15-16-25(30)21-27-24(3)28-18-17-23(2)29(20-19-28)22-26(31)32/h24-25,27,30H,4-16,19-22H2,1-3H3. The van der Waals surface area contributed by atoms with Gasteiger partial charge in [-0.25, -0.2) is 4.58 Å². The van der Waals surface area contributed by atoms with Gasteiger partial charge >= 0.3 is 0 Å². The average molecular weight is 450 g/mol. The molecule has 6 nitrogen and oxygen atoms in total. The lowest BCUT2D eigenvalue weighted by atomic mass is 10.0. The minimum absolute atomic E-state index is 0.00479. The predicted octanol–water partition coefficient (Wildman–Crippen LogP) is 2.87. The van der Waals surface area contributed by atoms with Crippen molar-refractivity contribution < 1.29 is 19.6 Å². The first kappa shape index (κ1) is 28.5. The van der Waals surface area contributed by atoms with Crippen LogP contribution in [0.4, 0.5) is 0 Å². The summed E-state index contributed by atoms with van der Waals surface area (Å²) in [5.74, 6) is 1.93. The van der Waals surface area contributed by atoms with Crippen LogP contribution in [0.25, 0.3) is 0 Å². The van der Waals surface area contributed by atoms with Crippen molar-refractivity contribution in [1.82, 2.24) is 10.2 Å². The number of carboxylic acids is 1. The van der Waals surface area contributed by atoms with Gasteiger partial charge in [0.15, 0.2) is 13.1 Å². The smallest absolute Gasteiger partial charge is 0.226 e. The Labute approximate surface area is 196 Å². The number of nitrogens with one attached hydrogen (secondary N) is 1. The van der Waals surface area contributed by atoms with E-state index < -0.39 is 5.97 Å². The molecule has 2 unspecified atom stereocenters. The van der Waals surface area contributed by atoms with E-state index in [2.05, 4.69) is 24.2 Å². The first-order valence-electron chi connectivity index (χ1n) is 12.9. The number of unbranched alkanes of at least 4 members (excludes halogenated alkanes) is 11. The fourth-order valence-electron chi connectivity index (χ4n) is 4.07. The van der Waals surface area contributed by atoms with Crippen LogP contribution in [0, 0.1) is 12.0 Å². The van der Waals surface area contributed by atoms with Gasteiger partial charge in [0.25, 0.3) is 0 Å². The number of rotatable bonds is 19. The van der Waals surface area contributed by atoms with Gasteiger partial charge in [0.05, 0.1) is 18.8 Å². The Morgan fingerprint density at radius 1 is 1.09 bits per heavy atom. The molecular weight excluding hydrogens is 402 g/mol. The number of carboxylic acid groups (broad SMARTS) is 1. The molecule has 0 aromatic carbocycles. The molecular formula is C26H47N3O3. The Morgan fingerprint density at radius 3 is 2.22 bits per heavy atom. The number of aliphatic carboxylic acids is 1. The summed E-state index contributed by atoms with van der Waals surface area (Å²) in [5.41, 5.74) is 0.746. The number of aliphatic hydroxyl groups excluding tert-OH is 1. The first-order chi connectivity index (χ1) is 15.4. The normalized spacial score (nSPS) is 15.8. The number of aliphatic hydroxyl groups is 1. The van der Waals surface area contributed by atoms with Crippen LogP contribution < -0.4 is 10.4 Å². The molecule has 184 valence electrons. The fraction of sp³-hybridized carbons (Fsp3) is 0.846. The molecule has 6 heteroatoms. The highest BCUT2D eigenvalue weighted by Gasteiger charge is 2.19. The highest BCUT2D eigenvalue weighted by atomic mass is 16.4. The minimum Gasteiger partial charge on any atom is -0.544 e. The topological polar surface area (TPSA) is 78.6 Å². The highest BCUT2D eigenvalue weighted by molar-refractivity contribution is 5.94. The predicted molar refractivity (Wildman–Crippen MR) is 129 cm³/mol. The van der Waals surface area contributed by atoms with Gasteiger partial charge in [-0.1, -0.05) is 84.0 Å². The quantitative estimate of drug-likeness (QED) is 0.180. The van der Waals surface area contributed by atoms with Crippen LogP contribution in [-0.4, -0.2) is 64.7 Å². The van der Waals surface area contributed by atoms with Crippen LogP contribution in [-0.2, 0) is 4.79 Å². The summed E-state index contributed by atoms with van der Waals surface area (Å²) in [7, 11) is 0. The molecule has 0 aromatic rings. The van der Waals surface area contributed by atoms with Gasteiger partial charge in [-0.05, 0) is 13.3 Å². The molecule has 0 radical (unpaired) electrons. The Kier molecular flexibility index (Phi) is 15.9. The third-order valence-corrected chi connectivity index (χ3v) is 6.29. The van der Waals surface area contributed by atoms with E-state index in [0.717, 1.165) is 18.6 Å². The molecule has 1 heterocycles. The highest BCUT2D eigenvalue weighted by Crippen LogP contribution is 2.13. The van der Waals surface area contributed by atoms with Gasteiger partial charge in [0, 0.05) is 25.4 Å². The molecule has 1 aliphatic heterocycles. The lowest BCUT2D eigenvalue weighted by Crippen LogP contribution is -2.46. The lowest BCUT2D eigenvalue weighted by Gasteiger charge is -2.26. The summed E-state index contributed by atoms with van der Waals surface area (Å²) in [5, 5.41) is 24.5. The monoisotopic (exact) mass is 449 g/mol. The van der Waals surface area contributed by atoms with Crippen molar-refractivity contribution in [3.05, 3.63) is 0 Å². The van der Waals surface area contributed by atoms with Gasteiger partial charge in [-0.15, -0.1) is 0 Å².